The van der Waals surface area contributed by atoms with Gasteiger partial charge < -0.3 is 15.2 Å². The summed E-state index contributed by atoms with van der Waals surface area (Å²) in [6, 6.07) is 0. The minimum atomic E-state index is 1.01. The second kappa shape index (κ2) is 8.61. The van der Waals surface area contributed by atoms with Gasteiger partial charge in [0.05, 0.1) is 0 Å². The quantitative estimate of drug-likeness (QED) is 0.508. The van der Waals surface area contributed by atoms with Crippen LogP contribution >= 0.6 is 11.8 Å². The van der Waals surface area contributed by atoms with Crippen LogP contribution in [-0.4, -0.2) is 53.3 Å². The second-order valence-electron chi connectivity index (χ2n) is 3.52. The van der Waals surface area contributed by atoms with Gasteiger partial charge in [0, 0.05) is 37.8 Å². The molecular formula is C11H22N4S. The molecule has 0 aliphatic carbocycles. The molecule has 0 bridgehead atoms. The van der Waals surface area contributed by atoms with Gasteiger partial charge in [0.25, 0.3) is 0 Å². The Bertz CT molecular complexity index is 246. The van der Waals surface area contributed by atoms with E-state index < -0.39 is 0 Å². The first-order valence-corrected chi connectivity index (χ1v) is 6.90. The summed E-state index contributed by atoms with van der Waals surface area (Å²) in [5.74, 6) is 1.06. The average Bonchev–Trinajstić information content (AvgIpc) is 2.81. The van der Waals surface area contributed by atoms with Gasteiger partial charge in [-0.2, -0.15) is 0 Å². The molecule has 0 saturated carbocycles. The monoisotopic (exact) mass is 242 g/mol. The lowest BCUT2D eigenvalue weighted by Crippen LogP contribution is -2.32. The van der Waals surface area contributed by atoms with Gasteiger partial charge in [0.2, 0.25) is 0 Å². The zero-order chi connectivity index (χ0) is 11.6. The fraction of sp³-hybridized carbons (Fsp3) is 0.727. The summed E-state index contributed by atoms with van der Waals surface area (Å²) in [7, 11) is 0. The summed E-state index contributed by atoms with van der Waals surface area (Å²) in [6.07, 6.45) is 3.65. The number of hydrogen-bond acceptors (Lipinski definition) is 4. The van der Waals surface area contributed by atoms with Crippen molar-refractivity contribution in [3.05, 3.63) is 12.4 Å². The molecule has 1 aromatic heterocycles. The summed E-state index contributed by atoms with van der Waals surface area (Å²) in [6.45, 7) is 9.93. The Hall–Kier alpha value is -0.520. The fourth-order valence-electron chi connectivity index (χ4n) is 1.45. The smallest absolute Gasteiger partial charge is 0.165 e. The highest BCUT2D eigenvalue weighted by atomic mass is 32.2. The molecule has 4 nitrogen and oxygen atoms in total. The summed E-state index contributed by atoms with van der Waals surface area (Å²) in [5.41, 5.74) is 0. The fourth-order valence-corrected chi connectivity index (χ4v) is 2.18. The standard InChI is InChI=1S/C11H22N4S/c1-3-15(4-2)9-7-12-8-10-16-11-13-5-6-14-11/h5-6,12H,3-4,7-10H2,1-2H3,(H,13,14). The highest BCUT2D eigenvalue weighted by molar-refractivity contribution is 7.99. The van der Waals surface area contributed by atoms with Crippen molar-refractivity contribution in [1.29, 1.82) is 0 Å². The number of rotatable bonds is 9. The van der Waals surface area contributed by atoms with Crippen LogP contribution in [0, 0.1) is 0 Å². The summed E-state index contributed by atoms with van der Waals surface area (Å²) < 4.78 is 0. The molecule has 0 aliphatic heterocycles. The predicted octanol–water partition coefficient (Wildman–Crippen LogP) is 1.43. The van der Waals surface area contributed by atoms with Gasteiger partial charge in [-0.25, -0.2) is 4.98 Å². The van der Waals surface area contributed by atoms with E-state index in [1.54, 1.807) is 18.0 Å². The van der Waals surface area contributed by atoms with Crippen molar-refractivity contribution in [2.24, 2.45) is 0 Å². The first-order chi connectivity index (χ1) is 7.86. The van der Waals surface area contributed by atoms with Crippen LogP contribution in [0.3, 0.4) is 0 Å². The largest absolute Gasteiger partial charge is 0.340 e. The zero-order valence-corrected chi connectivity index (χ0v) is 11.0. The number of imidazole rings is 1. The van der Waals surface area contributed by atoms with Crippen LogP contribution in [0.4, 0.5) is 0 Å². The highest BCUT2D eigenvalue weighted by Crippen LogP contribution is 2.09. The van der Waals surface area contributed by atoms with Crippen molar-refractivity contribution in [2.45, 2.75) is 19.0 Å². The molecule has 1 rings (SSSR count). The molecule has 0 amide bonds. The Balaban J connectivity index is 1.92. The molecule has 0 spiro atoms. The van der Waals surface area contributed by atoms with Gasteiger partial charge in [0.1, 0.15) is 0 Å². The van der Waals surface area contributed by atoms with Gasteiger partial charge in [-0.1, -0.05) is 25.6 Å². The number of thioether (sulfide) groups is 1. The summed E-state index contributed by atoms with van der Waals surface area (Å²) >= 11 is 1.75. The lowest BCUT2D eigenvalue weighted by atomic mass is 10.4. The van der Waals surface area contributed by atoms with E-state index in [4.69, 9.17) is 0 Å². The number of nitrogens with zero attached hydrogens (tertiary/aromatic N) is 2. The number of likely N-dealkylation sites (N-methyl/N-ethyl adjacent to an activating group) is 1. The molecule has 0 atom stereocenters. The van der Waals surface area contributed by atoms with Crippen LogP contribution in [0.5, 0.6) is 0 Å². The summed E-state index contributed by atoms with van der Waals surface area (Å²) in [5, 5.41) is 4.45. The van der Waals surface area contributed by atoms with E-state index in [1.165, 1.54) is 0 Å². The first-order valence-electron chi connectivity index (χ1n) is 5.92. The molecule has 0 saturated heterocycles. The maximum Gasteiger partial charge on any atom is 0.165 e. The van der Waals surface area contributed by atoms with Crippen molar-refractivity contribution in [3.8, 4) is 0 Å². The lowest BCUT2D eigenvalue weighted by Gasteiger charge is -2.17. The van der Waals surface area contributed by atoms with Gasteiger partial charge in [-0.3, -0.25) is 0 Å². The number of H-pyrrole nitrogens is 1. The molecule has 0 aromatic carbocycles. The van der Waals surface area contributed by atoms with Crippen LogP contribution in [-0.2, 0) is 0 Å². The minimum absolute atomic E-state index is 1.01. The molecule has 1 aromatic rings. The van der Waals surface area contributed by atoms with Crippen LogP contribution in [0.25, 0.3) is 0 Å². The normalized spacial score (nSPS) is 11.2. The maximum absolute atomic E-state index is 4.16. The number of aromatic nitrogens is 2. The Morgan fingerprint density at radius 2 is 2.19 bits per heavy atom. The van der Waals surface area contributed by atoms with Gasteiger partial charge in [-0.15, -0.1) is 0 Å². The molecule has 2 N–H and O–H groups in total. The van der Waals surface area contributed by atoms with Gasteiger partial charge >= 0.3 is 0 Å². The molecular weight excluding hydrogens is 220 g/mol. The van der Waals surface area contributed by atoms with Crippen LogP contribution in [0.2, 0.25) is 0 Å². The number of aromatic amines is 1. The molecule has 5 heteroatoms. The second-order valence-corrected chi connectivity index (χ2v) is 4.60. The van der Waals surface area contributed by atoms with Crippen molar-refractivity contribution < 1.29 is 0 Å². The van der Waals surface area contributed by atoms with E-state index in [2.05, 4.69) is 34.0 Å². The number of hydrogen-bond donors (Lipinski definition) is 2. The Morgan fingerprint density at radius 3 is 2.81 bits per heavy atom. The Morgan fingerprint density at radius 1 is 1.38 bits per heavy atom. The highest BCUT2D eigenvalue weighted by Gasteiger charge is 1.98. The van der Waals surface area contributed by atoms with Crippen LogP contribution < -0.4 is 5.32 Å². The van der Waals surface area contributed by atoms with E-state index in [0.29, 0.717) is 0 Å². The zero-order valence-electron chi connectivity index (χ0n) is 10.2. The third-order valence-corrected chi connectivity index (χ3v) is 3.39. The van der Waals surface area contributed by atoms with Crippen molar-refractivity contribution in [1.82, 2.24) is 20.2 Å². The first kappa shape index (κ1) is 13.5. The molecule has 0 aliphatic rings. The van der Waals surface area contributed by atoms with E-state index >= 15 is 0 Å². The van der Waals surface area contributed by atoms with Gasteiger partial charge in [0.15, 0.2) is 5.16 Å². The SMILES string of the molecule is CCN(CC)CCNCCSc1ncc[nH]1. The lowest BCUT2D eigenvalue weighted by molar-refractivity contribution is 0.303. The van der Waals surface area contributed by atoms with Crippen molar-refractivity contribution >= 4 is 11.8 Å². The third-order valence-electron chi connectivity index (χ3n) is 2.49. The van der Waals surface area contributed by atoms with E-state index in [1.807, 2.05) is 6.20 Å². The maximum atomic E-state index is 4.16. The topological polar surface area (TPSA) is 44.0 Å². The average molecular weight is 242 g/mol. The molecule has 16 heavy (non-hydrogen) atoms. The molecule has 92 valence electrons. The van der Waals surface area contributed by atoms with Crippen molar-refractivity contribution in [3.63, 3.8) is 0 Å². The van der Waals surface area contributed by atoms with Crippen molar-refractivity contribution in [2.75, 3.05) is 38.5 Å². The molecule has 0 radical (unpaired) electrons. The van der Waals surface area contributed by atoms with E-state index in [9.17, 15) is 0 Å². The minimum Gasteiger partial charge on any atom is -0.340 e. The Kier molecular flexibility index (Phi) is 7.29. The molecule has 1 heterocycles. The number of nitrogens with one attached hydrogen (secondary N) is 2. The Labute approximate surface area is 102 Å². The van der Waals surface area contributed by atoms with E-state index in [0.717, 1.165) is 43.6 Å². The van der Waals surface area contributed by atoms with Crippen LogP contribution in [0.15, 0.2) is 17.6 Å². The molecule has 0 unspecified atom stereocenters. The van der Waals surface area contributed by atoms with Gasteiger partial charge in [-0.05, 0) is 13.1 Å². The van der Waals surface area contributed by atoms with Crippen LogP contribution in [0.1, 0.15) is 13.8 Å². The van der Waals surface area contributed by atoms with E-state index in [-0.39, 0.29) is 0 Å². The third kappa shape index (κ3) is 5.53. The predicted molar refractivity (Wildman–Crippen MR) is 70.0 cm³/mol. The summed E-state index contributed by atoms with van der Waals surface area (Å²) in [4.78, 5) is 9.66. The molecule has 0 fully saturated rings.